The lowest BCUT2D eigenvalue weighted by Crippen LogP contribution is -2.36. The lowest BCUT2D eigenvalue weighted by atomic mass is 9.99. The zero-order valence-electron chi connectivity index (χ0n) is 15.9. The molecule has 160 valence electrons. The van der Waals surface area contributed by atoms with Crippen molar-refractivity contribution < 1.29 is 43.5 Å². The Morgan fingerprint density at radius 1 is 1.17 bits per heavy atom. The van der Waals surface area contributed by atoms with Crippen LogP contribution >= 0.6 is 0 Å². The first-order valence-corrected chi connectivity index (χ1v) is 9.02. The zero-order valence-corrected chi connectivity index (χ0v) is 15.9. The Labute approximate surface area is 166 Å². The van der Waals surface area contributed by atoms with Gasteiger partial charge in [-0.2, -0.15) is 8.78 Å². The smallest absolute Gasteiger partial charge is 0.387 e. The van der Waals surface area contributed by atoms with E-state index in [-0.39, 0.29) is 29.2 Å². The van der Waals surface area contributed by atoms with Crippen LogP contribution in [-0.4, -0.2) is 57.4 Å². The Balaban J connectivity index is 2.49. The second kappa shape index (κ2) is 9.82. The number of phenolic OH excluding ortho intramolecular Hbond substituents is 1. The van der Waals surface area contributed by atoms with Gasteiger partial charge in [0.1, 0.15) is 35.4 Å². The number of fused-ring (bicyclic) bond motifs is 1. The predicted octanol–water partition coefficient (Wildman–Crippen LogP) is 2.23. The number of rotatable bonds is 2. The van der Waals surface area contributed by atoms with E-state index in [1.54, 1.807) is 13.8 Å². The molecule has 4 N–H and O–H groups in total. The number of halogens is 2. The van der Waals surface area contributed by atoms with Crippen molar-refractivity contribution >= 4 is 12.0 Å². The highest BCUT2D eigenvalue weighted by molar-refractivity contribution is 5.97. The van der Waals surface area contributed by atoms with Gasteiger partial charge in [-0.3, -0.25) is 0 Å². The minimum absolute atomic E-state index is 0.0281. The number of esters is 1. The van der Waals surface area contributed by atoms with Crippen LogP contribution in [0.1, 0.15) is 36.2 Å². The van der Waals surface area contributed by atoms with E-state index in [0.717, 1.165) is 12.1 Å². The monoisotopic (exact) mass is 414 g/mol. The fourth-order valence-corrected chi connectivity index (χ4v) is 2.74. The summed E-state index contributed by atoms with van der Waals surface area (Å²) in [5, 5.41) is 40.3. The van der Waals surface area contributed by atoms with Gasteiger partial charge in [-0.15, -0.1) is 0 Å². The SMILES string of the molecule is C[C@@H]1/C=C\C(O)[C@@H](O)[C@@H](O)C/C=C/c2cc(OC(F)F)cc(O)c2C(=O)O[C@H]1C. The number of aliphatic hydroxyl groups is 3. The summed E-state index contributed by atoms with van der Waals surface area (Å²) in [6.07, 6.45) is 0.562. The van der Waals surface area contributed by atoms with Crippen LogP contribution < -0.4 is 4.74 Å². The van der Waals surface area contributed by atoms with Gasteiger partial charge in [0.15, 0.2) is 0 Å². The lowest BCUT2D eigenvalue weighted by molar-refractivity contribution is -0.0499. The number of benzene rings is 1. The summed E-state index contributed by atoms with van der Waals surface area (Å²) in [6.45, 7) is 0.167. The molecule has 1 heterocycles. The van der Waals surface area contributed by atoms with Crippen LogP contribution in [0.3, 0.4) is 0 Å². The second-order valence-corrected chi connectivity index (χ2v) is 6.83. The highest BCUT2D eigenvalue weighted by Crippen LogP contribution is 2.31. The number of aromatic hydroxyl groups is 1. The average molecular weight is 414 g/mol. The Kier molecular flexibility index (Phi) is 7.72. The van der Waals surface area contributed by atoms with E-state index in [2.05, 4.69) is 4.74 Å². The van der Waals surface area contributed by atoms with Crippen molar-refractivity contribution in [2.24, 2.45) is 5.92 Å². The highest BCUT2D eigenvalue weighted by atomic mass is 19.3. The van der Waals surface area contributed by atoms with Crippen LogP contribution in [0.25, 0.3) is 6.08 Å². The number of phenols is 1. The number of ether oxygens (including phenoxy) is 2. The van der Waals surface area contributed by atoms with E-state index in [9.17, 15) is 34.0 Å². The first kappa shape index (κ1) is 22.8. The predicted molar refractivity (Wildman–Crippen MR) is 99.6 cm³/mol. The molecule has 0 fully saturated rings. The van der Waals surface area contributed by atoms with Crippen molar-refractivity contribution in [1.29, 1.82) is 0 Å². The molecule has 2 rings (SSSR count). The first-order valence-electron chi connectivity index (χ1n) is 9.02. The van der Waals surface area contributed by atoms with Crippen molar-refractivity contribution in [2.75, 3.05) is 0 Å². The summed E-state index contributed by atoms with van der Waals surface area (Å²) in [5.74, 6) is -2.22. The number of aliphatic hydroxyl groups excluding tert-OH is 3. The topological polar surface area (TPSA) is 116 Å². The van der Waals surface area contributed by atoms with Crippen LogP contribution in [0, 0.1) is 5.92 Å². The Bertz CT molecular complexity index is 778. The van der Waals surface area contributed by atoms with E-state index in [1.807, 2.05) is 0 Å². The molecule has 0 bridgehead atoms. The largest absolute Gasteiger partial charge is 0.507 e. The maximum absolute atomic E-state index is 12.6. The summed E-state index contributed by atoms with van der Waals surface area (Å²) in [7, 11) is 0. The number of hydrogen-bond donors (Lipinski definition) is 4. The van der Waals surface area contributed by atoms with Gasteiger partial charge in [0, 0.05) is 12.0 Å². The van der Waals surface area contributed by atoms with E-state index in [0.29, 0.717) is 0 Å². The summed E-state index contributed by atoms with van der Waals surface area (Å²) in [6, 6.07) is 2.00. The molecule has 0 spiro atoms. The molecular formula is C20H24F2O7. The van der Waals surface area contributed by atoms with Crippen LogP contribution in [0.4, 0.5) is 8.78 Å². The van der Waals surface area contributed by atoms with E-state index in [1.165, 1.54) is 24.3 Å². The van der Waals surface area contributed by atoms with Gasteiger partial charge >= 0.3 is 12.6 Å². The van der Waals surface area contributed by atoms with Crippen molar-refractivity contribution in [3.63, 3.8) is 0 Å². The lowest BCUT2D eigenvalue weighted by Gasteiger charge is -2.22. The first-order chi connectivity index (χ1) is 13.6. The van der Waals surface area contributed by atoms with Crippen molar-refractivity contribution in [2.45, 2.75) is 51.3 Å². The molecule has 29 heavy (non-hydrogen) atoms. The van der Waals surface area contributed by atoms with Gasteiger partial charge in [0.2, 0.25) is 0 Å². The van der Waals surface area contributed by atoms with Gasteiger partial charge in [-0.05, 0) is 25.0 Å². The maximum Gasteiger partial charge on any atom is 0.387 e. The van der Waals surface area contributed by atoms with Crippen LogP contribution in [0.5, 0.6) is 11.5 Å². The number of carbonyl (C=O) groups is 1. The molecule has 0 amide bonds. The Hall–Kier alpha value is -2.49. The van der Waals surface area contributed by atoms with Gasteiger partial charge < -0.3 is 29.9 Å². The minimum Gasteiger partial charge on any atom is -0.507 e. The molecule has 1 unspecified atom stereocenters. The molecule has 0 aliphatic carbocycles. The van der Waals surface area contributed by atoms with Crippen molar-refractivity contribution in [3.05, 3.63) is 41.5 Å². The maximum atomic E-state index is 12.6. The fourth-order valence-electron chi connectivity index (χ4n) is 2.74. The molecule has 7 nitrogen and oxygen atoms in total. The van der Waals surface area contributed by atoms with Crippen LogP contribution in [0.2, 0.25) is 0 Å². The van der Waals surface area contributed by atoms with Crippen LogP contribution in [0.15, 0.2) is 30.4 Å². The molecule has 0 saturated heterocycles. The molecule has 1 aromatic carbocycles. The third-order valence-electron chi connectivity index (χ3n) is 4.62. The molecule has 1 aliphatic heterocycles. The van der Waals surface area contributed by atoms with Gasteiger partial charge in [0.25, 0.3) is 0 Å². The summed E-state index contributed by atoms with van der Waals surface area (Å²) in [4.78, 5) is 12.6. The van der Waals surface area contributed by atoms with Crippen molar-refractivity contribution in [1.82, 2.24) is 0 Å². The van der Waals surface area contributed by atoms with E-state index >= 15 is 0 Å². The Morgan fingerprint density at radius 3 is 2.52 bits per heavy atom. The van der Waals surface area contributed by atoms with Crippen LogP contribution in [-0.2, 0) is 4.74 Å². The average Bonchev–Trinajstić information content (AvgIpc) is 2.63. The van der Waals surface area contributed by atoms with E-state index < -0.39 is 42.7 Å². The molecular weight excluding hydrogens is 390 g/mol. The minimum atomic E-state index is -3.13. The molecule has 1 aromatic rings. The number of cyclic esters (lactones) is 1. The number of hydrogen-bond acceptors (Lipinski definition) is 7. The van der Waals surface area contributed by atoms with Crippen molar-refractivity contribution in [3.8, 4) is 11.5 Å². The molecule has 5 atom stereocenters. The highest BCUT2D eigenvalue weighted by Gasteiger charge is 2.25. The summed E-state index contributed by atoms with van der Waals surface area (Å²) in [5.41, 5.74) is -0.224. The Morgan fingerprint density at radius 2 is 1.86 bits per heavy atom. The molecule has 1 aliphatic rings. The summed E-state index contributed by atoms with van der Waals surface area (Å²) < 4.78 is 34.7. The fraction of sp³-hybridized carbons (Fsp3) is 0.450. The van der Waals surface area contributed by atoms with Gasteiger partial charge in [0.05, 0.1) is 6.10 Å². The quantitative estimate of drug-likeness (QED) is 0.433. The normalized spacial score (nSPS) is 30.8. The standard InChI is InChI=1S/C20H24F2O7/c1-10-6-7-15(24)18(26)14(23)5-3-4-12-8-13(29-20(21)22)9-16(25)17(12)19(27)28-11(10)2/h3-4,6-11,14-15,18,20,23-26H,5H2,1-2H3/b4-3+,7-6-/t10-,11+,14+,15?,18+/m1/s1. The zero-order chi connectivity index (χ0) is 21.7. The third-order valence-corrected chi connectivity index (χ3v) is 4.62. The van der Waals surface area contributed by atoms with E-state index in [4.69, 9.17) is 4.74 Å². The second-order valence-electron chi connectivity index (χ2n) is 6.83. The third kappa shape index (κ3) is 5.99. The molecule has 0 radical (unpaired) electrons. The number of carbonyl (C=O) groups excluding carboxylic acids is 1. The van der Waals surface area contributed by atoms with Gasteiger partial charge in [-0.1, -0.05) is 31.2 Å². The number of alkyl halides is 2. The van der Waals surface area contributed by atoms with Gasteiger partial charge in [-0.25, -0.2) is 4.79 Å². The summed E-state index contributed by atoms with van der Waals surface area (Å²) >= 11 is 0. The molecule has 0 aromatic heterocycles. The molecule has 9 heteroatoms. The molecule has 0 saturated carbocycles.